The molecule has 4 rings (SSSR count). The van der Waals surface area contributed by atoms with Gasteiger partial charge in [-0.3, -0.25) is 4.55 Å². The highest BCUT2D eigenvalue weighted by atomic mass is 32.2. The number of fused-ring (bicyclic) bond motifs is 2. The zero-order chi connectivity index (χ0) is 19.2. The fourth-order valence-corrected chi connectivity index (χ4v) is 3.89. The molecule has 2 aromatic carbocycles. The van der Waals surface area contributed by atoms with Crippen LogP contribution in [0, 0.1) is 0 Å². The van der Waals surface area contributed by atoms with Gasteiger partial charge in [0.05, 0.1) is 16.7 Å². The van der Waals surface area contributed by atoms with Gasteiger partial charge in [-0.15, -0.1) is 4.58 Å². The van der Waals surface area contributed by atoms with E-state index < -0.39 is 10.1 Å². The third kappa shape index (κ3) is 3.32. The molecule has 0 bridgehead atoms. The van der Waals surface area contributed by atoms with Crippen molar-refractivity contribution in [1.29, 1.82) is 0 Å². The standard InChI is InChI=1S/C20H18N2O4S/c1-20(2)13-22(17-10-9-14(12-15(17)20)27(23,24)25)11-5-8-19-21-16-6-3-4-7-18(16)26-19/h3-7,9-10,12H,8,13H2,1-2H3/p+1. The molecule has 7 heteroatoms. The van der Waals surface area contributed by atoms with Crippen LogP contribution in [0.1, 0.15) is 25.3 Å². The summed E-state index contributed by atoms with van der Waals surface area (Å²) >= 11 is 0. The van der Waals surface area contributed by atoms with Gasteiger partial charge in [-0.05, 0) is 38.1 Å². The van der Waals surface area contributed by atoms with E-state index in [2.05, 4.69) is 10.9 Å². The second-order valence-corrected chi connectivity index (χ2v) is 8.66. The maximum atomic E-state index is 11.4. The highest BCUT2D eigenvalue weighted by Gasteiger charge is 2.41. The Hall–Kier alpha value is -2.73. The predicted molar refractivity (Wildman–Crippen MR) is 101 cm³/mol. The van der Waals surface area contributed by atoms with Crippen LogP contribution in [0.3, 0.4) is 0 Å². The Kier molecular flexibility index (Phi) is 4.03. The van der Waals surface area contributed by atoms with E-state index in [0.29, 0.717) is 18.9 Å². The summed E-state index contributed by atoms with van der Waals surface area (Å²) in [5.74, 6) is 3.86. The molecule has 0 aliphatic carbocycles. The van der Waals surface area contributed by atoms with Crippen molar-refractivity contribution in [2.24, 2.45) is 0 Å². The van der Waals surface area contributed by atoms with Crippen LogP contribution >= 0.6 is 0 Å². The largest absolute Gasteiger partial charge is 0.440 e. The number of hydrogen-bond donors (Lipinski definition) is 1. The van der Waals surface area contributed by atoms with Gasteiger partial charge in [0, 0.05) is 17.7 Å². The summed E-state index contributed by atoms with van der Waals surface area (Å²) in [5, 5.41) is 0. The molecule has 0 saturated heterocycles. The molecular weight excluding hydrogens is 364 g/mol. The molecule has 1 aromatic heterocycles. The first-order valence-corrected chi connectivity index (χ1v) is 10.00. The van der Waals surface area contributed by atoms with E-state index >= 15 is 0 Å². The minimum absolute atomic E-state index is 0.0911. The van der Waals surface area contributed by atoms with E-state index in [1.54, 1.807) is 6.07 Å². The minimum Gasteiger partial charge on any atom is -0.440 e. The zero-order valence-electron chi connectivity index (χ0n) is 15.0. The number of nitrogens with zero attached hydrogens (tertiary/aromatic N) is 2. The van der Waals surface area contributed by atoms with Gasteiger partial charge in [-0.25, -0.2) is 4.98 Å². The third-order valence-corrected chi connectivity index (χ3v) is 5.55. The summed E-state index contributed by atoms with van der Waals surface area (Å²) in [5.41, 5.74) is 3.05. The predicted octanol–water partition coefficient (Wildman–Crippen LogP) is 3.48. The Labute approximate surface area is 157 Å². The van der Waals surface area contributed by atoms with Crippen molar-refractivity contribution < 1.29 is 22.0 Å². The molecule has 0 saturated carbocycles. The van der Waals surface area contributed by atoms with E-state index in [-0.39, 0.29) is 10.3 Å². The first-order valence-electron chi connectivity index (χ1n) is 8.56. The van der Waals surface area contributed by atoms with Crippen molar-refractivity contribution in [1.82, 2.24) is 4.98 Å². The van der Waals surface area contributed by atoms with Gasteiger partial charge in [-0.1, -0.05) is 12.1 Å². The Bertz CT molecular complexity index is 1180. The van der Waals surface area contributed by atoms with Crippen molar-refractivity contribution >= 4 is 32.8 Å². The van der Waals surface area contributed by atoms with Gasteiger partial charge in [0.1, 0.15) is 5.52 Å². The van der Waals surface area contributed by atoms with Crippen LogP contribution < -0.4 is 0 Å². The highest BCUT2D eigenvalue weighted by molar-refractivity contribution is 7.85. The second-order valence-electron chi connectivity index (χ2n) is 7.24. The molecule has 138 valence electrons. The molecule has 0 amide bonds. The Morgan fingerprint density at radius 3 is 2.81 bits per heavy atom. The summed E-state index contributed by atoms with van der Waals surface area (Å²) in [6.45, 7) is 4.71. The molecule has 1 N–H and O–H groups in total. The smallest absolute Gasteiger partial charge is 0.294 e. The van der Waals surface area contributed by atoms with Crippen LogP contribution in [-0.2, 0) is 22.0 Å². The SMILES string of the molecule is CC1(C)C[N+](=C=CCc2nc3ccccc3o2)c2ccc(S(=O)(=O)O)cc21. The molecule has 0 unspecified atom stereocenters. The quantitative estimate of drug-likeness (QED) is 0.553. The maximum Gasteiger partial charge on any atom is 0.294 e. The molecule has 0 spiro atoms. The lowest BCUT2D eigenvalue weighted by atomic mass is 9.87. The van der Waals surface area contributed by atoms with Crippen molar-refractivity contribution in [3.05, 3.63) is 60.0 Å². The van der Waals surface area contributed by atoms with Crippen molar-refractivity contribution in [2.45, 2.75) is 30.6 Å². The molecule has 2 heterocycles. The van der Waals surface area contributed by atoms with Crippen LogP contribution in [0.2, 0.25) is 0 Å². The van der Waals surface area contributed by atoms with Gasteiger partial charge in [0.25, 0.3) is 10.1 Å². The van der Waals surface area contributed by atoms with Crippen molar-refractivity contribution in [3.8, 4) is 0 Å². The first kappa shape index (κ1) is 17.7. The molecule has 1 aliphatic heterocycles. The van der Waals surface area contributed by atoms with E-state index in [0.717, 1.165) is 22.4 Å². The molecule has 0 atom stereocenters. The number of para-hydroxylation sites is 2. The first-order chi connectivity index (χ1) is 12.7. The average molecular weight is 383 g/mol. The van der Waals surface area contributed by atoms with Crippen LogP contribution in [-0.4, -0.2) is 34.9 Å². The number of benzene rings is 2. The normalized spacial score (nSPS) is 15.6. The average Bonchev–Trinajstić information content (AvgIpc) is 3.12. The molecule has 3 aromatic rings. The lowest BCUT2D eigenvalue weighted by Gasteiger charge is -2.12. The van der Waals surface area contributed by atoms with Crippen molar-refractivity contribution in [2.75, 3.05) is 6.54 Å². The number of allylic oxidation sites excluding steroid dienone is 1. The zero-order valence-corrected chi connectivity index (χ0v) is 15.8. The van der Waals surface area contributed by atoms with E-state index in [9.17, 15) is 13.0 Å². The molecule has 27 heavy (non-hydrogen) atoms. The second kappa shape index (κ2) is 6.16. The molecule has 1 aliphatic rings. The Morgan fingerprint density at radius 1 is 1.30 bits per heavy atom. The number of aromatic nitrogens is 1. The van der Waals surface area contributed by atoms with E-state index in [4.69, 9.17) is 4.42 Å². The summed E-state index contributed by atoms with van der Waals surface area (Å²) in [4.78, 5) is 4.35. The lowest BCUT2D eigenvalue weighted by Crippen LogP contribution is -2.20. The third-order valence-electron chi connectivity index (χ3n) is 4.70. The van der Waals surface area contributed by atoms with E-state index in [1.165, 1.54) is 12.1 Å². The topological polar surface area (TPSA) is 83.4 Å². The maximum absolute atomic E-state index is 11.4. The van der Waals surface area contributed by atoms with Gasteiger partial charge < -0.3 is 4.42 Å². The van der Waals surface area contributed by atoms with Crippen LogP contribution in [0.15, 0.2) is 57.9 Å². The lowest BCUT2D eigenvalue weighted by molar-refractivity contribution is -0.429. The van der Waals surface area contributed by atoms with Gasteiger partial charge in [0.15, 0.2) is 23.9 Å². The van der Waals surface area contributed by atoms with Crippen molar-refractivity contribution in [3.63, 3.8) is 0 Å². The highest BCUT2D eigenvalue weighted by Crippen LogP contribution is 2.39. The van der Waals surface area contributed by atoms with E-state index in [1.807, 2.05) is 48.8 Å². The van der Waals surface area contributed by atoms with Crippen LogP contribution in [0.25, 0.3) is 11.1 Å². The number of rotatable bonds is 3. The molecule has 0 fully saturated rings. The fraction of sp³-hybridized carbons (Fsp3) is 0.250. The monoisotopic (exact) mass is 383 g/mol. The summed E-state index contributed by atoms with van der Waals surface area (Å²) < 4.78 is 39.8. The summed E-state index contributed by atoms with van der Waals surface area (Å²) in [6, 6.07) is 12.3. The molecule has 6 nitrogen and oxygen atoms in total. The van der Waals surface area contributed by atoms with Gasteiger partial charge >= 0.3 is 0 Å². The Morgan fingerprint density at radius 2 is 2.07 bits per heavy atom. The Balaban J connectivity index is 1.68. The molecule has 0 radical (unpaired) electrons. The summed E-state index contributed by atoms with van der Waals surface area (Å²) in [6.07, 6.45) is 2.36. The molecular formula is C20H19N2O4S+. The van der Waals surface area contributed by atoms with Gasteiger partial charge in [0.2, 0.25) is 5.69 Å². The van der Waals surface area contributed by atoms with Crippen LogP contribution in [0.4, 0.5) is 5.69 Å². The number of oxazole rings is 1. The minimum atomic E-state index is -4.23. The fourth-order valence-electron chi connectivity index (χ4n) is 3.38. The van der Waals surface area contributed by atoms with Crippen LogP contribution in [0.5, 0.6) is 0 Å². The summed E-state index contributed by atoms with van der Waals surface area (Å²) in [7, 11) is -4.23. The van der Waals surface area contributed by atoms with Gasteiger partial charge in [-0.2, -0.15) is 8.42 Å². The number of hydrogen-bond acceptors (Lipinski definition) is 4.